The summed E-state index contributed by atoms with van der Waals surface area (Å²) in [6, 6.07) is 8.28. The van der Waals surface area contributed by atoms with Crippen molar-refractivity contribution in [1.29, 1.82) is 5.26 Å². The van der Waals surface area contributed by atoms with Gasteiger partial charge in [0.1, 0.15) is 5.82 Å². The van der Waals surface area contributed by atoms with E-state index < -0.39 is 0 Å². The molecule has 3 aliphatic heterocycles. The molecule has 1 aromatic carbocycles. The van der Waals surface area contributed by atoms with Crippen LogP contribution in [0.15, 0.2) is 24.4 Å². The fourth-order valence-electron chi connectivity index (χ4n) is 5.72. The van der Waals surface area contributed by atoms with Gasteiger partial charge in [0.05, 0.1) is 30.5 Å². The quantitative estimate of drug-likeness (QED) is 0.619. The van der Waals surface area contributed by atoms with Crippen LogP contribution in [-0.2, 0) is 11.2 Å². The SMILES string of the molecule is C[C@@H]1OCC2(CCN(c3cnc4c(N5CCCc6c(C#N)cccc65)n[nH]c4n3)CC2)[C@@H]1N. The van der Waals surface area contributed by atoms with Gasteiger partial charge in [0.2, 0.25) is 0 Å². The minimum Gasteiger partial charge on any atom is -0.376 e. The van der Waals surface area contributed by atoms with E-state index in [1.54, 1.807) is 0 Å². The Kier molecular flexibility index (Phi) is 4.75. The number of nitriles is 1. The van der Waals surface area contributed by atoms with Crippen LogP contribution in [0.3, 0.4) is 0 Å². The zero-order valence-corrected chi connectivity index (χ0v) is 18.8. The van der Waals surface area contributed by atoms with Crippen LogP contribution in [0.25, 0.3) is 11.2 Å². The maximum absolute atomic E-state index is 9.50. The number of nitrogens with zero attached hydrogens (tertiary/aromatic N) is 6. The van der Waals surface area contributed by atoms with Crippen LogP contribution < -0.4 is 15.5 Å². The summed E-state index contributed by atoms with van der Waals surface area (Å²) >= 11 is 0. The van der Waals surface area contributed by atoms with E-state index in [0.717, 1.165) is 85.9 Å². The molecular weight excluding hydrogens is 416 g/mol. The molecule has 170 valence electrons. The van der Waals surface area contributed by atoms with Gasteiger partial charge in [-0.25, -0.2) is 9.97 Å². The molecule has 9 heteroatoms. The van der Waals surface area contributed by atoms with Crippen LogP contribution >= 0.6 is 0 Å². The van der Waals surface area contributed by atoms with Gasteiger partial charge in [-0.05, 0) is 50.3 Å². The Hall–Kier alpha value is -3.22. The van der Waals surface area contributed by atoms with Crippen molar-refractivity contribution in [2.75, 3.05) is 36.0 Å². The summed E-state index contributed by atoms with van der Waals surface area (Å²) in [5.41, 5.74) is 10.8. The van der Waals surface area contributed by atoms with E-state index >= 15 is 0 Å². The number of aromatic amines is 1. The third-order valence-electron chi connectivity index (χ3n) is 7.80. The summed E-state index contributed by atoms with van der Waals surface area (Å²) in [7, 11) is 0. The van der Waals surface area contributed by atoms with Gasteiger partial charge in [-0.3, -0.25) is 5.10 Å². The van der Waals surface area contributed by atoms with Crippen LogP contribution in [0, 0.1) is 16.7 Å². The minimum absolute atomic E-state index is 0.0819. The van der Waals surface area contributed by atoms with Gasteiger partial charge in [0, 0.05) is 36.8 Å². The Morgan fingerprint density at radius 2 is 2.12 bits per heavy atom. The van der Waals surface area contributed by atoms with Crippen LogP contribution in [-0.4, -0.2) is 58.6 Å². The second-order valence-electron chi connectivity index (χ2n) is 9.53. The molecule has 3 aliphatic rings. The molecule has 6 rings (SSSR count). The molecule has 0 bridgehead atoms. The smallest absolute Gasteiger partial charge is 0.183 e. The number of aromatic nitrogens is 4. The Labute approximate surface area is 192 Å². The molecule has 2 fully saturated rings. The highest BCUT2D eigenvalue weighted by Crippen LogP contribution is 2.42. The van der Waals surface area contributed by atoms with Crippen molar-refractivity contribution >= 4 is 28.5 Å². The molecule has 9 nitrogen and oxygen atoms in total. The number of hydrogen-bond donors (Lipinski definition) is 2. The summed E-state index contributed by atoms with van der Waals surface area (Å²) < 4.78 is 5.85. The number of ether oxygens (including phenoxy) is 1. The summed E-state index contributed by atoms with van der Waals surface area (Å²) in [5, 5.41) is 17.2. The van der Waals surface area contributed by atoms with Crippen LogP contribution in [0.1, 0.15) is 37.3 Å². The molecule has 2 aromatic heterocycles. The van der Waals surface area contributed by atoms with Crippen molar-refractivity contribution in [2.24, 2.45) is 11.1 Å². The number of anilines is 3. The summed E-state index contributed by atoms with van der Waals surface area (Å²) in [5.74, 6) is 1.62. The summed E-state index contributed by atoms with van der Waals surface area (Å²) in [6.45, 7) is 5.44. The number of hydrogen-bond acceptors (Lipinski definition) is 8. The standard InChI is InChI=1S/C24H28N8O/c1-15-21(26)24(14-33-15)7-10-31(11-8-24)19-13-27-20-22(28-19)29-30-23(20)32-9-3-5-17-16(12-25)4-2-6-18(17)32/h2,4,6,13,15,21H,3,5,7-11,14,26H2,1H3,(H,28,29,30)/t15-,21+/m0/s1. The lowest BCUT2D eigenvalue weighted by Crippen LogP contribution is -2.50. The van der Waals surface area contributed by atoms with Crippen molar-refractivity contribution in [3.63, 3.8) is 0 Å². The summed E-state index contributed by atoms with van der Waals surface area (Å²) in [4.78, 5) is 14.1. The van der Waals surface area contributed by atoms with Gasteiger partial charge in [-0.1, -0.05) is 6.07 Å². The largest absolute Gasteiger partial charge is 0.376 e. The molecular formula is C24H28N8O. The zero-order valence-electron chi connectivity index (χ0n) is 18.8. The van der Waals surface area contributed by atoms with E-state index in [-0.39, 0.29) is 17.6 Å². The van der Waals surface area contributed by atoms with Crippen molar-refractivity contribution in [2.45, 2.75) is 44.8 Å². The number of benzene rings is 1. The first-order valence-corrected chi connectivity index (χ1v) is 11.7. The highest BCUT2D eigenvalue weighted by molar-refractivity contribution is 5.88. The second kappa shape index (κ2) is 7.68. The minimum atomic E-state index is 0.0819. The number of H-pyrrole nitrogens is 1. The molecule has 0 amide bonds. The van der Waals surface area contributed by atoms with Gasteiger partial charge in [-0.2, -0.15) is 10.4 Å². The van der Waals surface area contributed by atoms with Gasteiger partial charge >= 0.3 is 0 Å². The maximum Gasteiger partial charge on any atom is 0.183 e. The van der Waals surface area contributed by atoms with Gasteiger partial charge in [0.25, 0.3) is 0 Å². The van der Waals surface area contributed by atoms with E-state index in [1.165, 1.54) is 0 Å². The van der Waals surface area contributed by atoms with Crippen molar-refractivity contribution in [1.82, 2.24) is 20.2 Å². The highest BCUT2D eigenvalue weighted by atomic mass is 16.5. The molecule has 0 aliphatic carbocycles. The first-order valence-electron chi connectivity index (χ1n) is 11.7. The van der Waals surface area contributed by atoms with Crippen molar-refractivity contribution < 1.29 is 4.74 Å². The van der Waals surface area contributed by atoms with E-state index in [1.807, 2.05) is 18.3 Å². The maximum atomic E-state index is 9.50. The lowest BCUT2D eigenvalue weighted by molar-refractivity contribution is 0.0974. The Balaban J connectivity index is 1.26. The molecule has 1 spiro atoms. The van der Waals surface area contributed by atoms with Gasteiger partial charge < -0.3 is 20.3 Å². The van der Waals surface area contributed by atoms with Crippen LogP contribution in [0.5, 0.6) is 0 Å². The van der Waals surface area contributed by atoms with E-state index in [2.05, 4.69) is 39.1 Å². The Morgan fingerprint density at radius 3 is 2.88 bits per heavy atom. The third kappa shape index (κ3) is 3.16. The van der Waals surface area contributed by atoms with E-state index in [4.69, 9.17) is 20.4 Å². The van der Waals surface area contributed by atoms with E-state index in [9.17, 15) is 5.26 Å². The number of nitrogens with two attached hydrogens (primary N) is 1. The molecule has 2 atom stereocenters. The predicted octanol–water partition coefficient (Wildman–Crippen LogP) is 2.64. The van der Waals surface area contributed by atoms with Crippen molar-refractivity contribution in [3.05, 3.63) is 35.5 Å². The molecule has 0 radical (unpaired) electrons. The molecule has 3 N–H and O–H groups in total. The molecule has 33 heavy (non-hydrogen) atoms. The average Bonchev–Trinajstić information content (AvgIpc) is 3.40. The molecule has 0 saturated carbocycles. The number of nitrogens with one attached hydrogen (secondary N) is 1. The molecule has 0 unspecified atom stereocenters. The topological polar surface area (TPSA) is 120 Å². The first kappa shape index (κ1) is 20.4. The van der Waals surface area contributed by atoms with Gasteiger partial charge in [-0.15, -0.1) is 0 Å². The Bertz CT molecular complexity index is 1240. The average molecular weight is 445 g/mol. The van der Waals surface area contributed by atoms with Crippen LogP contribution in [0.2, 0.25) is 0 Å². The van der Waals surface area contributed by atoms with E-state index in [0.29, 0.717) is 5.65 Å². The molecule has 2 saturated heterocycles. The fraction of sp³-hybridized carbons (Fsp3) is 0.500. The predicted molar refractivity (Wildman–Crippen MR) is 125 cm³/mol. The second-order valence-corrected chi connectivity index (χ2v) is 9.53. The Morgan fingerprint density at radius 1 is 1.27 bits per heavy atom. The summed E-state index contributed by atoms with van der Waals surface area (Å²) in [6.07, 6.45) is 5.84. The zero-order chi connectivity index (χ0) is 22.6. The van der Waals surface area contributed by atoms with Crippen molar-refractivity contribution in [3.8, 4) is 6.07 Å². The fourth-order valence-corrected chi connectivity index (χ4v) is 5.72. The number of piperidine rings is 1. The normalized spacial score (nSPS) is 24.3. The molecule has 3 aromatic rings. The third-order valence-corrected chi connectivity index (χ3v) is 7.80. The highest BCUT2D eigenvalue weighted by Gasteiger charge is 2.47. The monoisotopic (exact) mass is 444 g/mol. The number of fused-ring (bicyclic) bond motifs is 2. The first-order chi connectivity index (χ1) is 16.1. The number of rotatable bonds is 2. The van der Waals surface area contributed by atoms with Crippen LogP contribution in [0.4, 0.5) is 17.3 Å². The van der Waals surface area contributed by atoms with Gasteiger partial charge in [0.15, 0.2) is 17.0 Å². The lowest BCUT2D eigenvalue weighted by Gasteiger charge is -2.41. The lowest BCUT2D eigenvalue weighted by atomic mass is 9.73. The molecule has 5 heterocycles.